The molecule has 0 saturated carbocycles. The van der Waals surface area contributed by atoms with Crippen LogP contribution in [-0.4, -0.2) is 54.6 Å². The molecule has 3 aliphatic heterocycles. The minimum Gasteiger partial charge on any atom is -0.495 e. The highest BCUT2D eigenvalue weighted by atomic mass is 16.5. The molecule has 3 atom stereocenters. The smallest absolute Gasteiger partial charge is 0.138 e. The summed E-state index contributed by atoms with van der Waals surface area (Å²) < 4.78 is 11.1. The van der Waals surface area contributed by atoms with Crippen molar-refractivity contribution in [1.82, 2.24) is 4.90 Å². The number of hydrogen-bond donors (Lipinski definition) is 1. The largest absolute Gasteiger partial charge is 0.495 e. The van der Waals surface area contributed by atoms with E-state index < -0.39 is 6.10 Å². The fourth-order valence-corrected chi connectivity index (χ4v) is 2.86. The summed E-state index contributed by atoms with van der Waals surface area (Å²) in [6.07, 6.45) is 4.69. The molecule has 2 saturated heterocycles. The first-order valence-electron chi connectivity index (χ1n) is 6.21. The van der Waals surface area contributed by atoms with Gasteiger partial charge in [-0.15, -0.1) is 0 Å². The molecule has 4 heteroatoms. The highest BCUT2D eigenvalue weighted by molar-refractivity contribution is 5.07. The van der Waals surface area contributed by atoms with Gasteiger partial charge in [0.25, 0.3) is 0 Å². The van der Waals surface area contributed by atoms with Crippen molar-refractivity contribution in [2.75, 3.05) is 26.3 Å². The highest BCUT2D eigenvalue weighted by Crippen LogP contribution is 2.26. The van der Waals surface area contributed by atoms with Crippen LogP contribution in [0.25, 0.3) is 0 Å². The fourth-order valence-electron chi connectivity index (χ4n) is 2.86. The zero-order valence-electron chi connectivity index (χ0n) is 9.47. The third-order valence-electron chi connectivity index (χ3n) is 3.79. The van der Waals surface area contributed by atoms with E-state index >= 15 is 0 Å². The van der Waals surface area contributed by atoms with E-state index in [1.165, 1.54) is 12.8 Å². The number of hydrogen-bond acceptors (Lipinski definition) is 4. The second-order valence-electron chi connectivity index (χ2n) is 4.85. The minimum absolute atomic E-state index is 0.112. The molecule has 0 aromatic rings. The highest BCUT2D eigenvalue weighted by Gasteiger charge is 2.37. The Labute approximate surface area is 95.8 Å². The lowest BCUT2D eigenvalue weighted by Gasteiger charge is -2.37. The maximum absolute atomic E-state index is 10.1. The van der Waals surface area contributed by atoms with Crippen molar-refractivity contribution in [3.63, 3.8) is 0 Å². The Kier molecular flexibility index (Phi) is 2.88. The lowest BCUT2D eigenvalue weighted by atomic mass is 10.1. The van der Waals surface area contributed by atoms with Gasteiger partial charge in [0.2, 0.25) is 0 Å². The number of fused-ring (bicyclic) bond motifs is 1. The van der Waals surface area contributed by atoms with Gasteiger partial charge < -0.3 is 14.6 Å². The van der Waals surface area contributed by atoms with Crippen molar-refractivity contribution < 1.29 is 14.6 Å². The lowest BCUT2D eigenvalue weighted by Crippen LogP contribution is -2.50. The number of nitrogens with zero attached hydrogens (tertiary/aromatic N) is 1. The second-order valence-corrected chi connectivity index (χ2v) is 4.85. The molecule has 0 radical (unpaired) electrons. The molecule has 0 aromatic heterocycles. The number of morpholine rings is 1. The van der Waals surface area contributed by atoms with Crippen LogP contribution in [0.5, 0.6) is 0 Å². The number of rotatable bonds is 2. The van der Waals surface area contributed by atoms with Crippen LogP contribution < -0.4 is 0 Å². The maximum atomic E-state index is 10.1. The fraction of sp³-hybridized carbons (Fsp3) is 0.833. The summed E-state index contributed by atoms with van der Waals surface area (Å²) in [4.78, 5) is 2.44. The maximum Gasteiger partial charge on any atom is 0.138 e. The van der Waals surface area contributed by atoms with Crippen molar-refractivity contribution in [2.45, 2.75) is 37.5 Å². The predicted molar refractivity (Wildman–Crippen MR) is 59.0 cm³/mol. The van der Waals surface area contributed by atoms with Crippen LogP contribution in [0.4, 0.5) is 0 Å². The van der Waals surface area contributed by atoms with Gasteiger partial charge in [-0.25, -0.2) is 0 Å². The van der Waals surface area contributed by atoms with E-state index in [1.807, 2.05) is 6.08 Å². The van der Waals surface area contributed by atoms with E-state index in [4.69, 9.17) is 9.47 Å². The summed E-state index contributed by atoms with van der Waals surface area (Å²) in [6, 6.07) is 0.585. The van der Waals surface area contributed by atoms with Crippen LogP contribution in [0.3, 0.4) is 0 Å². The van der Waals surface area contributed by atoms with Gasteiger partial charge in [0.05, 0.1) is 13.2 Å². The van der Waals surface area contributed by atoms with Gasteiger partial charge in [0.15, 0.2) is 0 Å². The standard InChI is InChI=1S/C12H19NO3/c14-12(10-4-2-6-15-10)11-7-13-5-1-3-9(13)8-16-11/h4,9,11-12,14H,1-3,5-8H2. The van der Waals surface area contributed by atoms with E-state index in [0.29, 0.717) is 18.4 Å². The normalized spacial score (nSPS) is 36.7. The van der Waals surface area contributed by atoms with Gasteiger partial charge in [-0.1, -0.05) is 0 Å². The molecule has 4 nitrogen and oxygen atoms in total. The van der Waals surface area contributed by atoms with Crippen molar-refractivity contribution in [2.24, 2.45) is 0 Å². The van der Waals surface area contributed by atoms with Crippen molar-refractivity contribution >= 4 is 0 Å². The molecule has 2 fully saturated rings. The molecule has 3 rings (SSSR count). The third kappa shape index (κ3) is 1.85. The minimum atomic E-state index is -0.580. The van der Waals surface area contributed by atoms with E-state index in [2.05, 4.69) is 4.90 Å². The summed E-state index contributed by atoms with van der Waals surface area (Å²) >= 11 is 0. The Morgan fingerprint density at radius 3 is 3.25 bits per heavy atom. The first kappa shape index (κ1) is 10.6. The topological polar surface area (TPSA) is 41.9 Å². The van der Waals surface area contributed by atoms with Crippen LogP contribution >= 0.6 is 0 Å². The molecule has 0 amide bonds. The quantitative estimate of drug-likeness (QED) is 0.743. The van der Waals surface area contributed by atoms with Crippen molar-refractivity contribution in [1.29, 1.82) is 0 Å². The predicted octanol–water partition coefficient (Wildman–Crippen LogP) is 0.515. The third-order valence-corrected chi connectivity index (χ3v) is 3.79. The molecule has 16 heavy (non-hydrogen) atoms. The first-order chi connectivity index (χ1) is 7.84. The van der Waals surface area contributed by atoms with E-state index in [-0.39, 0.29) is 6.10 Å². The van der Waals surface area contributed by atoms with Gasteiger partial charge in [-0.05, 0) is 25.5 Å². The Bertz CT molecular complexity index is 292. The van der Waals surface area contributed by atoms with Gasteiger partial charge in [0.1, 0.15) is 18.0 Å². The molecule has 0 bridgehead atoms. The van der Waals surface area contributed by atoms with Gasteiger partial charge in [0, 0.05) is 19.0 Å². The van der Waals surface area contributed by atoms with Gasteiger partial charge in [-0.3, -0.25) is 4.90 Å². The SMILES string of the molecule is OC(C1=CCCO1)C1CN2CCCC2CO1. The zero-order valence-corrected chi connectivity index (χ0v) is 9.47. The van der Waals surface area contributed by atoms with E-state index in [1.54, 1.807) is 0 Å². The Morgan fingerprint density at radius 2 is 2.44 bits per heavy atom. The molecule has 3 unspecified atom stereocenters. The molecule has 90 valence electrons. The number of ether oxygens (including phenoxy) is 2. The molecule has 1 N–H and O–H groups in total. The van der Waals surface area contributed by atoms with Crippen LogP contribution in [0.2, 0.25) is 0 Å². The average Bonchev–Trinajstić information content (AvgIpc) is 2.98. The average molecular weight is 225 g/mol. The molecular weight excluding hydrogens is 206 g/mol. The van der Waals surface area contributed by atoms with E-state index in [0.717, 1.165) is 26.1 Å². The Morgan fingerprint density at radius 1 is 1.50 bits per heavy atom. The van der Waals surface area contributed by atoms with Crippen molar-refractivity contribution in [3.05, 3.63) is 11.8 Å². The van der Waals surface area contributed by atoms with Gasteiger partial charge in [-0.2, -0.15) is 0 Å². The molecular formula is C12H19NO3. The van der Waals surface area contributed by atoms with Crippen LogP contribution in [0, 0.1) is 0 Å². The molecule has 0 aromatic carbocycles. The van der Waals surface area contributed by atoms with Gasteiger partial charge >= 0.3 is 0 Å². The summed E-state index contributed by atoms with van der Waals surface area (Å²) in [5.74, 6) is 0.711. The number of aliphatic hydroxyl groups is 1. The Hall–Kier alpha value is -0.580. The monoisotopic (exact) mass is 225 g/mol. The first-order valence-corrected chi connectivity index (χ1v) is 6.21. The second kappa shape index (κ2) is 4.35. The molecule has 0 aliphatic carbocycles. The molecule has 0 spiro atoms. The van der Waals surface area contributed by atoms with Crippen molar-refractivity contribution in [3.8, 4) is 0 Å². The summed E-state index contributed by atoms with van der Waals surface area (Å²) in [6.45, 7) is 3.45. The zero-order chi connectivity index (χ0) is 11.0. The summed E-state index contributed by atoms with van der Waals surface area (Å²) in [5.41, 5.74) is 0. The molecule has 3 aliphatic rings. The summed E-state index contributed by atoms with van der Waals surface area (Å²) in [5, 5.41) is 10.1. The van der Waals surface area contributed by atoms with Crippen LogP contribution in [0.15, 0.2) is 11.8 Å². The lowest BCUT2D eigenvalue weighted by molar-refractivity contribution is -0.102. The van der Waals surface area contributed by atoms with Crippen LogP contribution in [-0.2, 0) is 9.47 Å². The Balaban J connectivity index is 1.62. The number of aliphatic hydroxyl groups excluding tert-OH is 1. The molecule has 3 heterocycles. The summed E-state index contributed by atoms with van der Waals surface area (Å²) in [7, 11) is 0. The van der Waals surface area contributed by atoms with Crippen LogP contribution in [0.1, 0.15) is 19.3 Å². The van der Waals surface area contributed by atoms with E-state index in [9.17, 15) is 5.11 Å².